The van der Waals surface area contributed by atoms with E-state index in [1.807, 2.05) is 0 Å². The molecule has 2 aliphatic heterocycles. The summed E-state index contributed by atoms with van der Waals surface area (Å²) >= 11 is 0. The molecular weight excluding hydrogens is 321 g/mol. The van der Waals surface area contributed by atoms with E-state index >= 15 is 0 Å². The predicted octanol–water partition coefficient (Wildman–Crippen LogP) is -5.40. The second-order valence-electron chi connectivity index (χ2n) is 5.53. The molecule has 0 amide bonds. The van der Waals surface area contributed by atoms with E-state index in [1.165, 1.54) is 0 Å². The van der Waals surface area contributed by atoms with Gasteiger partial charge in [0, 0.05) is 0 Å². The van der Waals surface area contributed by atoms with E-state index in [1.54, 1.807) is 0 Å². The van der Waals surface area contributed by atoms with Gasteiger partial charge < -0.3 is 55.1 Å². The summed E-state index contributed by atoms with van der Waals surface area (Å²) in [5.41, 5.74) is 0. The minimum atomic E-state index is -1.74. The molecule has 0 spiro atoms. The Morgan fingerprint density at radius 1 is 0.652 bits per heavy atom. The Bertz CT molecular complexity index is 378. The maximum atomic E-state index is 9.94. The first-order valence-electron chi connectivity index (χ1n) is 7.08. The molecule has 2 rings (SSSR count). The minimum Gasteiger partial charge on any atom is -0.394 e. The average molecular weight is 343 g/mol. The fourth-order valence-corrected chi connectivity index (χ4v) is 2.57. The molecule has 2 heterocycles. The molecule has 0 aromatic rings. The molecule has 2 aliphatic rings. The van der Waals surface area contributed by atoms with Gasteiger partial charge in [-0.05, 0) is 0 Å². The molecule has 10 atom stereocenters. The number of hydrogen-bond donors (Lipinski definition) is 8. The minimum absolute atomic E-state index is 0.667. The highest BCUT2D eigenvalue weighted by molar-refractivity contribution is 4.93. The lowest BCUT2D eigenvalue weighted by Crippen LogP contribution is -2.64. The Morgan fingerprint density at radius 3 is 1.83 bits per heavy atom. The molecule has 0 aromatic heterocycles. The van der Waals surface area contributed by atoms with Crippen LogP contribution in [0.15, 0.2) is 0 Å². The molecule has 0 saturated carbocycles. The van der Waals surface area contributed by atoms with Gasteiger partial charge in [0.25, 0.3) is 0 Å². The van der Waals surface area contributed by atoms with Gasteiger partial charge in [0.15, 0.2) is 12.6 Å². The van der Waals surface area contributed by atoms with E-state index in [0.29, 0.717) is 0 Å². The van der Waals surface area contributed by atoms with Crippen LogP contribution in [0, 0.1) is 0 Å². The van der Waals surface area contributed by atoms with E-state index in [2.05, 4.69) is 0 Å². The highest BCUT2D eigenvalue weighted by Gasteiger charge is 2.50. The molecule has 0 aromatic carbocycles. The van der Waals surface area contributed by atoms with Gasteiger partial charge in [-0.1, -0.05) is 0 Å². The Kier molecular flexibility index (Phi) is 6.27. The van der Waals surface area contributed by atoms with Gasteiger partial charge in [-0.15, -0.1) is 0 Å². The van der Waals surface area contributed by atoms with Crippen molar-refractivity contribution in [3.05, 3.63) is 0 Å². The van der Waals surface area contributed by atoms with E-state index in [4.69, 9.17) is 19.3 Å². The Balaban J connectivity index is 2.11. The van der Waals surface area contributed by atoms with Crippen LogP contribution in [-0.2, 0) is 14.2 Å². The lowest BCUT2D eigenvalue weighted by molar-refractivity contribution is -0.355. The largest absolute Gasteiger partial charge is 0.394 e. The maximum Gasteiger partial charge on any atom is 0.187 e. The third kappa shape index (κ3) is 3.65. The quantitative estimate of drug-likeness (QED) is 0.227. The summed E-state index contributed by atoms with van der Waals surface area (Å²) < 4.78 is 15.3. The van der Waals surface area contributed by atoms with Crippen molar-refractivity contribution in [2.45, 2.75) is 61.4 Å². The molecule has 1 unspecified atom stereocenters. The van der Waals surface area contributed by atoms with Gasteiger partial charge in [-0.25, -0.2) is 0 Å². The number of aliphatic hydroxyl groups is 8. The second kappa shape index (κ2) is 7.63. The molecule has 136 valence electrons. The Hall–Kier alpha value is -0.440. The van der Waals surface area contributed by atoms with Crippen LogP contribution in [0.2, 0.25) is 0 Å². The van der Waals surface area contributed by atoms with Crippen LogP contribution in [0.1, 0.15) is 0 Å². The van der Waals surface area contributed by atoms with E-state index in [9.17, 15) is 35.7 Å². The molecule has 8 N–H and O–H groups in total. The average Bonchev–Trinajstić information content (AvgIpc) is 2.55. The highest BCUT2D eigenvalue weighted by Crippen LogP contribution is 2.28. The topological polar surface area (TPSA) is 190 Å². The zero-order chi connectivity index (χ0) is 17.3. The van der Waals surface area contributed by atoms with Gasteiger partial charge in [0.05, 0.1) is 13.2 Å². The molecule has 11 heteroatoms. The highest BCUT2D eigenvalue weighted by atomic mass is 16.8. The predicted molar refractivity (Wildman–Crippen MR) is 68.6 cm³/mol. The molecule has 23 heavy (non-hydrogen) atoms. The van der Waals surface area contributed by atoms with Crippen LogP contribution in [0.3, 0.4) is 0 Å². The second-order valence-corrected chi connectivity index (χ2v) is 5.53. The van der Waals surface area contributed by atoms with Crippen molar-refractivity contribution in [3.8, 4) is 0 Å². The van der Waals surface area contributed by atoms with Crippen molar-refractivity contribution in [1.29, 1.82) is 0 Å². The van der Waals surface area contributed by atoms with Crippen molar-refractivity contribution in [2.24, 2.45) is 0 Å². The molecule has 0 bridgehead atoms. The third-order valence-electron chi connectivity index (χ3n) is 3.98. The van der Waals surface area contributed by atoms with E-state index in [-0.39, 0.29) is 0 Å². The van der Waals surface area contributed by atoms with Crippen LogP contribution in [0.5, 0.6) is 0 Å². The molecule has 11 nitrogen and oxygen atoms in total. The van der Waals surface area contributed by atoms with Crippen molar-refractivity contribution in [2.75, 3.05) is 13.2 Å². The van der Waals surface area contributed by atoms with Crippen molar-refractivity contribution < 1.29 is 55.1 Å². The van der Waals surface area contributed by atoms with Gasteiger partial charge >= 0.3 is 0 Å². The zero-order valence-corrected chi connectivity index (χ0v) is 12.0. The third-order valence-corrected chi connectivity index (χ3v) is 3.98. The molecule has 0 radical (unpaired) electrons. The fraction of sp³-hybridized carbons (Fsp3) is 1.00. The van der Waals surface area contributed by atoms with Gasteiger partial charge in [0.2, 0.25) is 0 Å². The van der Waals surface area contributed by atoms with Gasteiger partial charge in [-0.3, -0.25) is 0 Å². The van der Waals surface area contributed by atoms with Crippen LogP contribution in [0.25, 0.3) is 0 Å². The summed E-state index contributed by atoms with van der Waals surface area (Å²) in [5, 5.41) is 76.5. The molecule has 0 aliphatic carbocycles. The van der Waals surface area contributed by atoms with E-state index < -0.39 is 74.6 Å². The van der Waals surface area contributed by atoms with Crippen LogP contribution >= 0.6 is 0 Å². The van der Waals surface area contributed by atoms with E-state index in [0.717, 1.165) is 0 Å². The smallest absolute Gasteiger partial charge is 0.187 e. The summed E-state index contributed by atoms with van der Waals surface area (Å²) in [7, 11) is 0. The SMILES string of the molecule is OC[C@H]1O[13C@@H](O[C@H]2[C@H](O)[C@@H](O)C(O)O[C@@H]2CO)[C@H](O)[C@@H](O)[C@H]1O. The first-order valence-corrected chi connectivity index (χ1v) is 7.08. The van der Waals surface area contributed by atoms with Crippen LogP contribution < -0.4 is 0 Å². The van der Waals surface area contributed by atoms with Crippen molar-refractivity contribution >= 4 is 0 Å². The monoisotopic (exact) mass is 343 g/mol. The molecule has 2 fully saturated rings. The van der Waals surface area contributed by atoms with Gasteiger partial charge in [-0.2, -0.15) is 0 Å². The summed E-state index contributed by atoms with van der Waals surface area (Å²) in [6, 6.07) is 0. The normalized spacial score (nSPS) is 51.7. The van der Waals surface area contributed by atoms with Crippen LogP contribution in [0.4, 0.5) is 0 Å². The van der Waals surface area contributed by atoms with Crippen LogP contribution in [-0.4, -0.2) is 115 Å². The molecule has 2 saturated heterocycles. The zero-order valence-electron chi connectivity index (χ0n) is 12.0. The number of ether oxygens (including phenoxy) is 3. The first kappa shape index (κ1) is 18.9. The lowest BCUT2D eigenvalue weighted by atomic mass is 9.99. The molecular formula is C12H22O11. The first-order chi connectivity index (χ1) is 10.8. The standard InChI is InChI=1S/C12H22O11/c13-1-3-5(15)6(16)9(19)12(22-3)23-10-4(2-14)21-11(20)8(18)7(10)17/h3-20H,1-2H2/t3-,4-,5+,6+,7-,8-,9-,10-,11?,12+/m1/s1/i12+1. The van der Waals surface area contributed by atoms with Crippen molar-refractivity contribution in [1.82, 2.24) is 0 Å². The number of aliphatic hydroxyl groups excluding tert-OH is 8. The maximum absolute atomic E-state index is 9.94. The summed E-state index contributed by atoms with van der Waals surface area (Å²) in [5.74, 6) is 0. The number of rotatable bonds is 4. The lowest BCUT2D eigenvalue weighted by Gasteiger charge is -2.45. The summed E-state index contributed by atoms with van der Waals surface area (Å²) in [6.07, 6.45) is -15.6. The number of hydrogen-bond acceptors (Lipinski definition) is 11. The fourth-order valence-electron chi connectivity index (χ4n) is 2.57. The Morgan fingerprint density at radius 2 is 1.26 bits per heavy atom. The Labute approximate surface area is 130 Å². The van der Waals surface area contributed by atoms with Gasteiger partial charge in [0.1, 0.15) is 48.8 Å². The summed E-state index contributed by atoms with van der Waals surface area (Å²) in [4.78, 5) is 0. The van der Waals surface area contributed by atoms with Crippen molar-refractivity contribution in [3.63, 3.8) is 0 Å². The summed E-state index contributed by atoms with van der Waals surface area (Å²) in [6.45, 7) is -1.35.